The SMILES string of the molecule is CN1CCN(C)C(C(N)c2cc(Cl)cnc2N)C1. The Morgan fingerprint density at radius 2 is 2.17 bits per heavy atom. The molecule has 0 aliphatic carbocycles. The molecule has 0 bridgehead atoms. The van der Waals surface area contributed by atoms with Crippen LogP contribution in [-0.4, -0.2) is 54.6 Å². The number of aromatic nitrogens is 1. The summed E-state index contributed by atoms with van der Waals surface area (Å²) >= 11 is 5.97. The van der Waals surface area contributed by atoms with Crippen molar-refractivity contribution in [3.8, 4) is 0 Å². The van der Waals surface area contributed by atoms with Crippen molar-refractivity contribution in [3.05, 3.63) is 22.8 Å². The number of nitrogen functional groups attached to an aromatic ring is 1. The molecule has 4 N–H and O–H groups in total. The van der Waals surface area contributed by atoms with Crippen molar-refractivity contribution in [1.82, 2.24) is 14.8 Å². The van der Waals surface area contributed by atoms with Crippen LogP contribution in [0.15, 0.2) is 12.3 Å². The first kappa shape index (κ1) is 13.5. The van der Waals surface area contributed by atoms with E-state index in [0.29, 0.717) is 10.8 Å². The third kappa shape index (κ3) is 2.75. The van der Waals surface area contributed by atoms with Gasteiger partial charge in [0.1, 0.15) is 5.82 Å². The molecule has 1 aromatic rings. The Balaban J connectivity index is 2.23. The van der Waals surface area contributed by atoms with Gasteiger partial charge in [0.25, 0.3) is 0 Å². The quantitative estimate of drug-likeness (QED) is 0.821. The number of likely N-dealkylation sites (N-methyl/N-ethyl adjacent to an activating group) is 2. The number of anilines is 1. The van der Waals surface area contributed by atoms with Crippen LogP contribution in [0.5, 0.6) is 0 Å². The average Bonchev–Trinajstić information content (AvgIpc) is 2.34. The van der Waals surface area contributed by atoms with Crippen molar-refractivity contribution in [1.29, 1.82) is 0 Å². The molecular weight excluding hydrogens is 250 g/mol. The summed E-state index contributed by atoms with van der Waals surface area (Å²) in [4.78, 5) is 8.62. The lowest BCUT2D eigenvalue weighted by Gasteiger charge is -2.40. The zero-order chi connectivity index (χ0) is 13.3. The highest BCUT2D eigenvalue weighted by atomic mass is 35.5. The minimum absolute atomic E-state index is 0.177. The maximum Gasteiger partial charge on any atom is 0.128 e. The zero-order valence-electron chi connectivity index (χ0n) is 10.8. The van der Waals surface area contributed by atoms with Crippen LogP contribution in [0.3, 0.4) is 0 Å². The van der Waals surface area contributed by atoms with Gasteiger partial charge in [0, 0.05) is 37.4 Å². The van der Waals surface area contributed by atoms with E-state index in [0.717, 1.165) is 25.2 Å². The van der Waals surface area contributed by atoms with Crippen molar-refractivity contribution in [3.63, 3.8) is 0 Å². The highest BCUT2D eigenvalue weighted by Crippen LogP contribution is 2.26. The summed E-state index contributed by atoms with van der Waals surface area (Å²) in [7, 11) is 4.19. The van der Waals surface area contributed by atoms with Crippen molar-refractivity contribution in [2.75, 3.05) is 39.5 Å². The fourth-order valence-corrected chi connectivity index (χ4v) is 2.54. The first-order valence-electron chi connectivity index (χ1n) is 6.04. The minimum atomic E-state index is -0.177. The number of nitrogens with zero attached hydrogens (tertiary/aromatic N) is 3. The molecule has 1 aliphatic heterocycles. The van der Waals surface area contributed by atoms with Crippen LogP contribution in [0.4, 0.5) is 5.82 Å². The molecular formula is C12H20ClN5. The maximum absolute atomic E-state index is 6.35. The first-order valence-corrected chi connectivity index (χ1v) is 6.42. The van der Waals surface area contributed by atoms with E-state index in [4.69, 9.17) is 23.1 Å². The highest BCUT2D eigenvalue weighted by molar-refractivity contribution is 6.30. The molecule has 1 fully saturated rings. The first-order chi connectivity index (χ1) is 8.49. The van der Waals surface area contributed by atoms with Crippen molar-refractivity contribution in [2.45, 2.75) is 12.1 Å². The Labute approximate surface area is 113 Å². The fourth-order valence-electron chi connectivity index (χ4n) is 2.37. The smallest absolute Gasteiger partial charge is 0.128 e. The number of nitrogens with two attached hydrogens (primary N) is 2. The van der Waals surface area contributed by atoms with Gasteiger partial charge in [-0.25, -0.2) is 4.98 Å². The topological polar surface area (TPSA) is 71.4 Å². The summed E-state index contributed by atoms with van der Waals surface area (Å²) < 4.78 is 0. The second kappa shape index (κ2) is 5.40. The maximum atomic E-state index is 6.35. The standard InChI is InChI=1S/C12H20ClN5/c1-17-3-4-18(2)10(7-17)11(14)9-5-8(13)6-16-12(9)15/h5-6,10-11H,3-4,7,14H2,1-2H3,(H2,15,16). The van der Waals surface area contributed by atoms with Gasteiger partial charge >= 0.3 is 0 Å². The van der Waals surface area contributed by atoms with Crippen molar-refractivity contribution in [2.24, 2.45) is 5.73 Å². The summed E-state index contributed by atoms with van der Waals surface area (Å²) in [6.45, 7) is 2.98. The van der Waals surface area contributed by atoms with Gasteiger partial charge in [-0.1, -0.05) is 11.6 Å². The summed E-state index contributed by atoms with van der Waals surface area (Å²) in [5.41, 5.74) is 13.1. The number of pyridine rings is 1. The molecule has 1 saturated heterocycles. The molecule has 6 heteroatoms. The molecule has 5 nitrogen and oxygen atoms in total. The molecule has 0 spiro atoms. The van der Waals surface area contributed by atoms with E-state index in [-0.39, 0.29) is 12.1 Å². The van der Waals surface area contributed by atoms with Gasteiger partial charge < -0.3 is 16.4 Å². The number of rotatable bonds is 2. The highest BCUT2D eigenvalue weighted by Gasteiger charge is 2.29. The molecule has 1 aliphatic rings. The van der Waals surface area contributed by atoms with Crippen LogP contribution < -0.4 is 11.5 Å². The molecule has 1 aromatic heterocycles. The van der Waals surface area contributed by atoms with E-state index in [1.807, 2.05) is 6.07 Å². The lowest BCUT2D eigenvalue weighted by atomic mass is 9.97. The molecule has 0 saturated carbocycles. The largest absolute Gasteiger partial charge is 0.383 e. The zero-order valence-corrected chi connectivity index (χ0v) is 11.6. The third-order valence-electron chi connectivity index (χ3n) is 3.59. The predicted molar refractivity (Wildman–Crippen MR) is 74.5 cm³/mol. The Morgan fingerprint density at radius 3 is 2.89 bits per heavy atom. The number of hydrogen-bond acceptors (Lipinski definition) is 5. The van der Waals surface area contributed by atoms with E-state index in [2.05, 4.69) is 28.9 Å². The Morgan fingerprint density at radius 1 is 1.44 bits per heavy atom. The Kier molecular flexibility index (Phi) is 4.07. The van der Waals surface area contributed by atoms with Gasteiger partial charge in [-0.3, -0.25) is 4.90 Å². The minimum Gasteiger partial charge on any atom is -0.383 e. The lowest BCUT2D eigenvalue weighted by molar-refractivity contribution is 0.0975. The van der Waals surface area contributed by atoms with Gasteiger partial charge in [-0.05, 0) is 20.2 Å². The van der Waals surface area contributed by atoms with Gasteiger partial charge in [0.15, 0.2) is 0 Å². The molecule has 2 atom stereocenters. The summed E-state index contributed by atoms with van der Waals surface area (Å²) in [6.07, 6.45) is 1.55. The van der Waals surface area contributed by atoms with Crippen molar-refractivity contribution >= 4 is 17.4 Å². The molecule has 0 aromatic carbocycles. The number of hydrogen-bond donors (Lipinski definition) is 2. The third-order valence-corrected chi connectivity index (χ3v) is 3.80. The molecule has 2 unspecified atom stereocenters. The van der Waals surface area contributed by atoms with E-state index >= 15 is 0 Å². The molecule has 18 heavy (non-hydrogen) atoms. The van der Waals surface area contributed by atoms with Crippen LogP contribution in [0.1, 0.15) is 11.6 Å². The van der Waals surface area contributed by atoms with Crippen LogP contribution in [0.25, 0.3) is 0 Å². The molecule has 100 valence electrons. The van der Waals surface area contributed by atoms with Crippen LogP contribution >= 0.6 is 11.6 Å². The van der Waals surface area contributed by atoms with E-state index < -0.39 is 0 Å². The number of halogens is 1. The van der Waals surface area contributed by atoms with Crippen molar-refractivity contribution < 1.29 is 0 Å². The monoisotopic (exact) mass is 269 g/mol. The molecule has 0 radical (unpaired) electrons. The molecule has 2 rings (SSSR count). The van der Waals surface area contributed by atoms with Crippen LogP contribution in [0.2, 0.25) is 5.02 Å². The number of piperazine rings is 1. The summed E-state index contributed by atoms with van der Waals surface area (Å²) in [5.74, 6) is 0.466. The second-order valence-electron chi connectivity index (χ2n) is 4.96. The van der Waals surface area contributed by atoms with Crippen LogP contribution in [0, 0.1) is 0 Å². The second-order valence-corrected chi connectivity index (χ2v) is 5.40. The van der Waals surface area contributed by atoms with Gasteiger partial charge in [-0.2, -0.15) is 0 Å². The lowest BCUT2D eigenvalue weighted by Crippen LogP contribution is -2.54. The Hall–Kier alpha value is -0.880. The molecule has 0 amide bonds. The van der Waals surface area contributed by atoms with Gasteiger partial charge in [0.2, 0.25) is 0 Å². The fraction of sp³-hybridized carbons (Fsp3) is 0.583. The van der Waals surface area contributed by atoms with Gasteiger partial charge in [0.05, 0.1) is 11.1 Å². The predicted octanol–water partition coefficient (Wildman–Crippen LogP) is 0.563. The average molecular weight is 270 g/mol. The van der Waals surface area contributed by atoms with E-state index in [1.165, 1.54) is 0 Å². The molecule has 2 heterocycles. The summed E-state index contributed by atoms with van der Waals surface area (Å²) in [5, 5.41) is 0.571. The van der Waals surface area contributed by atoms with E-state index in [1.54, 1.807) is 6.20 Å². The van der Waals surface area contributed by atoms with Gasteiger partial charge in [-0.15, -0.1) is 0 Å². The normalized spacial score (nSPS) is 24.1. The summed E-state index contributed by atoms with van der Waals surface area (Å²) in [6, 6.07) is 1.87. The van der Waals surface area contributed by atoms with Crippen LogP contribution in [-0.2, 0) is 0 Å². The Bertz CT molecular complexity index is 425. The van der Waals surface area contributed by atoms with E-state index in [9.17, 15) is 0 Å².